The molecule has 0 radical (unpaired) electrons. The smallest absolute Gasteiger partial charge is 0.219 e. The van der Waals surface area contributed by atoms with Gasteiger partial charge in [0.1, 0.15) is 5.76 Å². The fraction of sp³-hybridized carbons (Fsp3) is 0.286. The highest BCUT2D eigenvalue weighted by Gasteiger charge is 2.39. The molecule has 154 valence electrons. The van der Waals surface area contributed by atoms with Crippen molar-refractivity contribution in [1.29, 1.82) is 0 Å². The molecule has 9 heteroatoms. The molecule has 1 aromatic carbocycles. The van der Waals surface area contributed by atoms with E-state index in [2.05, 4.69) is 20.9 Å². The number of methoxy groups -OCH3 is 2. The van der Waals surface area contributed by atoms with Crippen LogP contribution in [0.5, 0.6) is 11.5 Å². The lowest BCUT2D eigenvalue weighted by atomic mass is 9.80. The van der Waals surface area contributed by atoms with Crippen LogP contribution in [0.3, 0.4) is 0 Å². The topological polar surface area (TPSA) is 112 Å². The number of nitrogens with one attached hydrogen (secondary N) is 2. The number of carbonyl (C=O) groups is 1. The molecule has 2 aliphatic rings. The number of benzene rings is 1. The Kier molecular flexibility index (Phi) is 4.42. The van der Waals surface area contributed by atoms with Crippen molar-refractivity contribution in [3.05, 3.63) is 59.2 Å². The van der Waals surface area contributed by atoms with Gasteiger partial charge in [-0.25, -0.2) is 4.63 Å². The molecule has 2 N–H and O–H groups in total. The van der Waals surface area contributed by atoms with Gasteiger partial charge in [0, 0.05) is 29.2 Å². The van der Waals surface area contributed by atoms with Gasteiger partial charge in [-0.1, -0.05) is 12.1 Å². The molecule has 1 aliphatic carbocycles. The van der Waals surface area contributed by atoms with E-state index in [1.165, 1.54) is 0 Å². The fourth-order valence-corrected chi connectivity index (χ4v) is 4.20. The van der Waals surface area contributed by atoms with Gasteiger partial charge in [0.15, 0.2) is 17.3 Å². The van der Waals surface area contributed by atoms with Crippen LogP contribution in [0.25, 0.3) is 0 Å². The van der Waals surface area contributed by atoms with Gasteiger partial charge in [-0.05, 0) is 34.9 Å². The van der Waals surface area contributed by atoms with E-state index in [9.17, 15) is 4.79 Å². The van der Waals surface area contributed by atoms with Crippen LogP contribution in [0.2, 0.25) is 0 Å². The third-order valence-corrected chi connectivity index (χ3v) is 5.53. The number of aromatic nitrogens is 2. The normalized spacial score (nSPS) is 20.5. The Bertz CT molecular complexity index is 1120. The minimum absolute atomic E-state index is 0.00890. The first-order valence-electron chi connectivity index (χ1n) is 9.56. The molecule has 0 fully saturated rings. The van der Waals surface area contributed by atoms with Gasteiger partial charge in [0.05, 0.1) is 26.5 Å². The zero-order valence-electron chi connectivity index (χ0n) is 16.5. The van der Waals surface area contributed by atoms with Crippen LogP contribution in [0, 0.1) is 0 Å². The molecule has 30 heavy (non-hydrogen) atoms. The standard InChI is InChI=1S/C21H20N4O5/c1-27-16-6-3-5-12(19(16)28-2)18-17-13(22-20-21(23-18)25-30-24-20)9-11(10-14(17)26)15-7-4-8-29-15/h3-8,11,18H,9-10H2,1-2H3,(H,22,24)(H,23,25)/t11-,18-/m1/s1. The summed E-state index contributed by atoms with van der Waals surface area (Å²) in [5.74, 6) is 2.70. The highest BCUT2D eigenvalue weighted by molar-refractivity contribution is 6.01. The second-order valence-electron chi connectivity index (χ2n) is 7.18. The highest BCUT2D eigenvalue weighted by Crippen LogP contribution is 2.46. The van der Waals surface area contributed by atoms with Crippen LogP contribution in [0.1, 0.15) is 36.1 Å². The number of ketones is 1. The van der Waals surface area contributed by atoms with E-state index in [4.69, 9.17) is 18.5 Å². The van der Waals surface area contributed by atoms with E-state index >= 15 is 0 Å². The van der Waals surface area contributed by atoms with E-state index in [1.807, 2.05) is 30.3 Å². The fourth-order valence-electron chi connectivity index (χ4n) is 4.20. The van der Waals surface area contributed by atoms with Gasteiger partial charge in [-0.3, -0.25) is 4.79 Å². The van der Waals surface area contributed by atoms with Gasteiger partial charge in [-0.15, -0.1) is 0 Å². The lowest BCUT2D eigenvalue weighted by Crippen LogP contribution is -2.27. The molecular formula is C21H20N4O5. The summed E-state index contributed by atoms with van der Waals surface area (Å²) in [6.07, 6.45) is 2.55. The maximum atomic E-state index is 13.4. The number of carbonyl (C=O) groups excluding carboxylic acids is 1. The monoisotopic (exact) mass is 408 g/mol. The zero-order valence-corrected chi connectivity index (χ0v) is 16.5. The van der Waals surface area contributed by atoms with Crippen LogP contribution >= 0.6 is 0 Å². The highest BCUT2D eigenvalue weighted by atomic mass is 16.6. The molecule has 2 atom stereocenters. The molecule has 5 rings (SSSR count). The first-order valence-corrected chi connectivity index (χ1v) is 9.56. The molecule has 0 amide bonds. The Labute approximate surface area is 172 Å². The first kappa shape index (κ1) is 18.3. The summed E-state index contributed by atoms with van der Waals surface area (Å²) in [5, 5.41) is 14.4. The molecular weight excluding hydrogens is 388 g/mol. The van der Waals surface area contributed by atoms with E-state index < -0.39 is 6.04 Å². The maximum Gasteiger partial charge on any atom is 0.219 e. The third kappa shape index (κ3) is 2.90. The van der Waals surface area contributed by atoms with Crippen LogP contribution < -0.4 is 20.1 Å². The number of hydrogen-bond donors (Lipinski definition) is 2. The minimum atomic E-state index is -0.518. The zero-order chi connectivity index (χ0) is 20.7. The predicted molar refractivity (Wildman–Crippen MR) is 107 cm³/mol. The Hall–Kier alpha value is -3.75. The van der Waals surface area contributed by atoms with Crippen molar-refractivity contribution in [3.63, 3.8) is 0 Å². The van der Waals surface area contributed by atoms with Gasteiger partial charge in [-0.2, -0.15) is 0 Å². The van der Waals surface area contributed by atoms with Crippen LogP contribution in [-0.2, 0) is 4.79 Å². The SMILES string of the molecule is COc1cccc([C@H]2Nc3nonc3NC3=C2C(=O)C[C@H](c2ccco2)C3)c1OC. The lowest BCUT2D eigenvalue weighted by Gasteiger charge is -2.29. The molecule has 0 saturated heterocycles. The third-order valence-electron chi connectivity index (χ3n) is 5.53. The first-order chi connectivity index (χ1) is 14.7. The Morgan fingerprint density at radius 1 is 1.07 bits per heavy atom. The number of fused-ring (bicyclic) bond motifs is 1. The molecule has 0 bridgehead atoms. The molecule has 2 aromatic heterocycles. The number of para-hydroxylation sites is 1. The van der Waals surface area contributed by atoms with Crippen molar-refractivity contribution in [3.8, 4) is 11.5 Å². The summed E-state index contributed by atoms with van der Waals surface area (Å²) in [5.41, 5.74) is 2.13. The van der Waals surface area contributed by atoms with E-state index in [1.54, 1.807) is 20.5 Å². The summed E-state index contributed by atoms with van der Waals surface area (Å²) < 4.78 is 21.6. The average Bonchev–Trinajstić information content (AvgIpc) is 3.42. The number of Topliss-reactive ketones (excluding diaryl/α,β-unsaturated/α-hetero) is 1. The number of furan rings is 1. The number of nitrogens with zero attached hydrogens (tertiary/aromatic N) is 2. The molecule has 9 nitrogen and oxygen atoms in total. The van der Waals surface area contributed by atoms with Gasteiger partial charge < -0.3 is 24.5 Å². The Morgan fingerprint density at radius 2 is 1.93 bits per heavy atom. The van der Waals surface area contributed by atoms with Crippen LogP contribution in [-0.4, -0.2) is 30.3 Å². The average molecular weight is 408 g/mol. The van der Waals surface area contributed by atoms with Crippen molar-refractivity contribution >= 4 is 17.4 Å². The van der Waals surface area contributed by atoms with Crippen molar-refractivity contribution in [2.75, 3.05) is 24.9 Å². The summed E-state index contributed by atoms with van der Waals surface area (Å²) in [6, 6.07) is 8.77. The van der Waals surface area contributed by atoms with E-state index in [-0.39, 0.29) is 11.7 Å². The number of allylic oxidation sites excluding steroid dienone is 1. The van der Waals surface area contributed by atoms with Crippen molar-refractivity contribution in [2.24, 2.45) is 0 Å². The molecule has 0 spiro atoms. The summed E-state index contributed by atoms with van der Waals surface area (Å²) in [4.78, 5) is 13.4. The Balaban J connectivity index is 1.65. The maximum absolute atomic E-state index is 13.4. The largest absolute Gasteiger partial charge is 0.493 e. The minimum Gasteiger partial charge on any atom is -0.493 e. The molecule has 3 aromatic rings. The summed E-state index contributed by atoms with van der Waals surface area (Å²) >= 11 is 0. The number of hydrogen-bond acceptors (Lipinski definition) is 9. The van der Waals surface area contributed by atoms with Gasteiger partial charge in [0.2, 0.25) is 11.6 Å². The summed E-state index contributed by atoms with van der Waals surface area (Å²) in [6.45, 7) is 0. The lowest BCUT2D eigenvalue weighted by molar-refractivity contribution is -0.116. The van der Waals surface area contributed by atoms with Crippen molar-refractivity contribution < 1.29 is 23.3 Å². The van der Waals surface area contributed by atoms with E-state index in [0.29, 0.717) is 41.5 Å². The van der Waals surface area contributed by atoms with Crippen molar-refractivity contribution in [1.82, 2.24) is 10.3 Å². The van der Waals surface area contributed by atoms with Crippen molar-refractivity contribution in [2.45, 2.75) is 24.8 Å². The quantitative estimate of drug-likeness (QED) is 0.668. The van der Waals surface area contributed by atoms with E-state index in [0.717, 1.165) is 17.0 Å². The number of rotatable bonds is 4. The molecule has 0 saturated carbocycles. The van der Waals surface area contributed by atoms with Gasteiger partial charge >= 0.3 is 0 Å². The molecule has 1 aliphatic heterocycles. The van der Waals surface area contributed by atoms with Crippen LogP contribution in [0.4, 0.5) is 11.6 Å². The second kappa shape index (κ2) is 7.25. The predicted octanol–water partition coefficient (Wildman–Crippen LogP) is 3.66. The van der Waals surface area contributed by atoms with Gasteiger partial charge in [0.25, 0.3) is 0 Å². The van der Waals surface area contributed by atoms with Crippen LogP contribution in [0.15, 0.2) is 56.9 Å². The molecule has 0 unspecified atom stereocenters. The number of ether oxygens (including phenoxy) is 2. The summed E-state index contributed by atoms with van der Waals surface area (Å²) in [7, 11) is 3.15. The second-order valence-corrected chi connectivity index (χ2v) is 7.18. The Morgan fingerprint density at radius 3 is 2.70 bits per heavy atom. The molecule has 3 heterocycles. The number of anilines is 2.